The minimum absolute atomic E-state index is 0.0203. The van der Waals surface area contributed by atoms with E-state index in [1.807, 2.05) is 80.6 Å². The van der Waals surface area contributed by atoms with Gasteiger partial charge in [-0.05, 0) is 71.7 Å². The number of aromatic nitrogens is 4. The van der Waals surface area contributed by atoms with Gasteiger partial charge in [0.2, 0.25) is 6.41 Å². The first kappa shape index (κ1) is 25.9. The van der Waals surface area contributed by atoms with Crippen LogP contribution in [0.5, 0.6) is 0 Å². The summed E-state index contributed by atoms with van der Waals surface area (Å²) in [6.07, 6.45) is 3.79. The van der Waals surface area contributed by atoms with E-state index < -0.39 is 6.41 Å². The second-order valence-corrected chi connectivity index (χ2v) is 10.1. The Bertz CT molecular complexity index is 1330. The number of fused-ring (bicyclic) bond motifs is 3. The molecule has 2 aromatic heterocycles. The average Bonchev–Trinajstić information content (AvgIpc) is 3.24. The number of unbranched alkanes of at least 4 members (excludes halogenated alkanes) is 3. The number of carbonyl (C=O) groups is 1. The van der Waals surface area contributed by atoms with Crippen LogP contribution < -0.4 is 5.32 Å². The molecule has 0 saturated heterocycles. The first-order chi connectivity index (χ1) is 17.2. The van der Waals surface area contributed by atoms with Crippen LogP contribution in [0, 0.1) is 6.92 Å². The summed E-state index contributed by atoms with van der Waals surface area (Å²) in [6, 6.07) is 14.9. The maximum Gasteiger partial charge on any atom is 0.214 e. The van der Waals surface area contributed by atoms with Crippen molar-refractivity contribution < 1.29 is 14.6 Å². The molecule has 0 fully saturated rings. The molecule has 4 rings (SSSR count). The fourth-order valence-corrected chi connectivity index (χ4v) is 4.27. The Morgan fingerprint density at radius 3 is 2.53 bits per heavy atom. The molecule has 0 aliphatic carbocycles. The third kappa shape index (κ3) is 6.32. The van der Waals surface area contributed by atoms with Crippen molar-refractivity contribution in [3.63, 3.8) is 0 Å². The van der Waals surface area contributed by atoms with Gasteiger partial charge in [0.1, 0.15) is 5.82 Å². The summed E-state index contributed by atoms with van der Waals surface area (Å²) < 4.78 is 7.47. The van der Waals surface area contributed by atoms with Crippen LogP contribution in [0.15, 0.2) is 48.5 Å². The fourth-order valence-electron chi connectivity index (χ4n) is 4.27. The van der Waals surface area contributed by atoms with Crippen molar-refractivity contribution >= 4 is 22.5 Å². The number of aliphatic hydroxyl groups is 1. The minimum atomic E-state index is -0.949. The lowest BCUT2D eigenvalue weighted by atomic mass is 10.0. The van der Waals surface area contributed by atoms with Crippen LogP contribution in [0.1, 0.15) is 73.9 Å². The number of aliphatic hydroxyl groups excluding tert-OH is 1. The van der Waals surface area contributed by atoms with Crippen LogP contribution in [0.3, 0.4) is 0 Å². The number of carbonyl (C=O) groups excluding carboxylic acids is 1. The zero-order valence-corrected chi connectivity index (χ0v) is 21.5. The number of aryl methyl sites for hydroxylation is 2. The van der Waals surface area contributed by atoms with Crippen LogP contribution in [-0.2, 0) is 11.2 Å². The predicted octanol–water partition coefficient (Wildman–Crippen LogP) is 4.60. The van der Waals surface area contributed by atoms with Crippen LogP contribution in [0.2, 0.25) is 0 Å². The van der Waals surface area contributed by atoms with Crippen LogP contribution in [0.25, 0.3) is 16.7 Å². The standard InChI is InChI=1S/C28H35N5O3/c1-19-31-32-26-22(14-10-5-6-11-17-29-27(35)36-28(2,3)4)30-23-18-21(15-16-24(23)33(19)26)25(34)20-12-8-7-9-13-20/h7-9,12-13,15-16,18,27,29,35H,5-6,10-11,14,17H2,1-4H3. The van der Waals surface area contributed by atoms with Gasteiger partial charge in [-0.3, -0.25) is 14.5 Å². The molecule has 36 heavy (non-hydrogen) atoms. The number of rotatable bonds is 11. The lowest BCUT2D eigenvalue weighted by Gasteiger charge is -2.24. The molecule has 2 N–H and O–H groups in total. The lowest BCUT2D eigenvalue weighted by Crippen LogP contribution is -2.38. The van der Waals surface area contributed by atoms with E-state index in [1.165, 1.54) is 0 Å². The number of nitrogens with one attached hydrogen (secondary N) is 1. The Morgan fingerprint density at radius 1 is 1.03 bits per heavy atom. The number of benzene rings is 2. The fraction of sp³-hybridized carbons (Fsp3) is 0.429. The smallest absolute Gasteiger partial charge is 0.214 e. The molecule has 2 aromatic carbocycles. The van der Waals surface area contributed by atoms with Crippen LogP contribution >= 0.6 is 0 Å². The van der Waals surface area contributed by atoms with Crippen molar-refractivity contribution in [2.75, 3.05) is 6.54 Å². The highest BCUT2D eigenvalue weighted by Gasteiger charge is 2.17. The van der Waals surface area contributed by atoms with E-state index >= 15 is 0 Å². The van der Waals surface area contributed by atoms with Gasteiger partial charge in [0.15, 0.2) is 11.4 Å². The second kappa shape index (κ2) is 11.2. The number of hydrogen-bond acceptors (Lipinski definition) is 7. The molecule has 8 heteroatoms. The second-order valence-electron chi connectivity index (χ2n) is 10.1. The lowest BCUT2D eigenvalue weighted by molar-refractivity contribution is -0.181. The number of nitrogens with zero attached hydrogens (tertiary/aromatic N) is 4. The number of ketones is 1. The zero-order valence-electron chi connectivity index (χ0n) is 21.5. The van der Waals surface area contributed by atoms with Gasteiger partial charge in [-0.25, -0.2) is 4.98 Å². The Hall–Kier alpha value is -3.20. The number of ether oxygens (including phenoxy) is 1. The molecule has 0 spiro atoms. The Balaban J connectivity index is 1.42. The molecule has 0 aliphatic heterocycles. The Morgan fingerprint density at radius 2 is 1.78 bits per heavy atom. The van der Waals surface area contributed by atoms with E-state index in [-0.39, 0.29) is 11.4 Å². The minimum Gasteiger partial charge on any atom is -0.356 e. The first-order valence-corrected chi connectivity index (χ1v) is 12.6. The molecule has 0 bridgehead atoms. The monoisotopic (exact) mass is 489 g/mol. The summed E-state index contributed by atoms with van der Waals surface area (Å²) in [5.74, 6) is 0.774. The molecule has 4 aromatic rings. The summed E-state index contributed by atoms with van der Waals surface area (Å²) in [5, 5.41) is 21.5. The van der Waals surface area contributed by atoms with Crippen molar-refractivity contribution in [2.24, 2.45) is 0 Å². The van der Waals surface area contributed by atoms with Gasteiger partial charge in [-0.15, -0.1) is 10.2 Å². The van der Waals surface area contributed by atoms with Gasteiger partial charge < -0.3 is 9.84 Å². The van der Waals surface area contributed by atoms with Gasteiger partial charge in [0.25, 0.3) is 0 Å². The molecule has 2 heterocycles. The topological polar surface area (TPSA) is 102 Å². The SMILES string of the molecule is Cc1nnc2c(CCCCCCNC(O)OC(C)(C)C)nc3cc(C(=O)c4ccccc4)ccc3n12. The molecular formula is C28H35N5O3. The van der Waals surface area contributed by atoms with Gasteiger partial charge in [0, 0.05) is 11.1 Å². The molecule has 0 radical (unpaired) electrons. The molecule has 0 saturated carbocycles. The zero-order chi connectivity index (χ0) is 25.7. The van der Waals surface area contributed by atoms with Crippen molar-refractivity contribution in [1.82, 2.24) is 24.9 Å². The molecule has 0 amide bonds. The highest BCUT2D eigenvalue weighted by Crippen LogP contribution is 2.22. The van der Waals surface area contributed by atoms with Gasteiger partial charge >= 0.3 is 0 Å². The van der Waals surface area contributed by atoms with E-state index in [0.717, 1.165) is 60.3 Å². The third-order valence-corrected chi connectivity index (χ3v) is 5.98. The normalized spacial score (nSPS) is 12.9. The summed E-state index contributed by atoms with van der Waals surface area (Å²) in [4.78, 5) is 17.9. The van der Waals surface area contributed by atoms with Crippen molar-refractivity contribution in [1.29, 1.82) is 0 Å². The molecule has 190 valence electrons. The maximum absolute atomic E-state index is 13.0. The van der Waals surface area contributed by atoms with E-state index in [0.29, 0.717) is 17.7 Å². The summed E-state index contributed by atoms with van der Waals surface area (Å²) in [5.41, 5.74) is 4.20. The molecule has 1 atom stereocenters. The molecule has 0 aliphatic rings. The van der Waals surface area contributed by atoms with Gasteiger partial charge in [-0.2, -0.15) is 0 Å². The van der Waals surface area contributed by atoms with E-state index in [1.54, 1.807) is 0 Å². The molecule has 8 nitrogen and oxygen atoms in total. The summed E-state index contributed by atoms with van der Waals surface area (Å²) in [7, 11) is 0. The Kier molecular flexibility index (Phi) is 8.08. The predicted molar refractivity (Wildman–Crippen MR) is 140 cm³/mol. The highest BCUT2D eigenvalue weighted by atomic mass is 16.6. The number of hydrogen-bond donors (Lipinski definition) is 2. The van der Waals surface area contributed by atoms with E-state index in [4.69, 9.17) is 9.72 Å². The van der Waals surface area contributed by atoms with E-state index in [2.05, 4.69) is 15.5 Å². The van der Waals surface area contributed by atoms with Crippen LogP contribution in [0.4, 0.5) is 0 Å². The van der Waals surface area contributed by atoms with Crippen molar-refractivity contribution in [3.8, 4) is 0 Å². The third-order valence-electron chi connectivity index (χ3n) is 5.98. The van der Waals surface area contributed by atoms with E-state index in [9.17, 15) is 9.90 Å². The van der Waals surface area contributed by atoms with Crippen molar-refractivity contribution in [3.05, 3.63) is 71.2 Å². The largest absolute Gasteiger partial charge is 0.356 e. The molecule has 1 unspecified atom stereocenters. The maximum atomic E-state index is 13.0. The van der Waals surface area contributed by atoms with Crippen molar-refractivity contribution in [2.45, 2.75) is 71.8 Å². The first-order valence-electron chi connectivity index (χ1n) is 12.6. The average molecular weight is 490 g/mol. The summed E-state index contributed by atoms with van der Waals surface area (Å²) in [6.45, 7) is 8.35. The van der Waals surface area contributed by atoms with Gasteiger partial charge in [-0.1, -0.05) is 43.2 Å². The van der Waals surface area contributed by atoms with Crippen LogP contribution in [-0.4, -0.2) is 49.0 Å². The quantitative estimate of drug-likeness (QED) is 0.180. The van der Waals surface area contributed by atoms with Gasteiger partial charge in [0.05, 0.1) is 22.3 Å². The summed E-state index contributed by atoms with van der Waals surface area (Å²) >= 11 is 0. The Labute approximate surface area is 211 Å². The highest BCUT2D eigenvalue weighted by molar-refractivity contribution is 6.10. The molecular weight excluding hydrogens is 454 g/mol.